The number of piperidine rings is 1. The molecule has 0 spiro atoms. The van der Waals surface area contributed by atoms with E-state index in [1.54, 1.807) is 30.2 Å². The topological polar surface area (TPSA) is 79.9 Å². The van der Waals surface area contributed by atoms with E-state index in [0.29, 0.717) is 44.2 Å². The van der Waals surface area contributed by atoms with Gasteiger partial charge < -0.3 is 25.0 Å². The number of nitrogens with zero attached hydrogens (tertiary/aromatic N) is 1. The molecule has 7 nitrogen and oxygen atoms in total. The maximum absolute atomic E-state index is 12.9. The van der Waals surface area contributed by atoms with Crippen LogP contribution >= 0.6 is 12.4 Å². The fraction of sp³-hybridized carbons (Fsp3) is 0.579. The van der Waals surface area contributed by atoms with Crippen molar-refractivity contribution in [3.8, 4) is 0 Å². The van der Waals surface area contributed by atoms with Crippen molar-refractivity contribution in [3.63, 3.8) is 0 Å². The van der Waals surface area contributed by atoms with E-state index in [1.165, 1.54) is 0 Å². The van der Waals surface area contributed by atoms with Crippen LogP contribution in [0.25, 0.3) is 0 Å². The number of morpholine rings is 1. The molecule has 0 bridgehead atoms. The van der Waals surface area contributed by atoms with E-state index in [9.17, 15) is 9.59 Å². The number of amides is 2. The van der Waals surface area contributed by atoms with E-state index in [-0.39, 0.29) is 24.2 Å². The molecule has 1 aromatic rings. The molecule has 1 aromatic carbocycles. The number of halogens is 1. The van der Waals surface area contributed by atoms with Crippen LogP contribution in [0.4, 0.5) is 5.69 Å². The van der Waals surface area contributed by atoms with Gasteiger partial charge in [0.1, 0.15) is 0 Å². The van der Waals surface area contributed by atoms with Crippen molar-refractivity contribution in [1.82, 2.24) is 10.2 Å². The summed E-state index contributed by atoms with van der Waals surface area (Å²) in [4.78, 5) is 27.3. The van der Waals surface area contributed by atoms with Crippen LogP contribution in [0.15, 0.2) is 24.3 Å². The van der Waals surface area contributed by atoms with Crippen molar-refractivity contribution >= 4 is 29.9 Å². The minimum Gasteiger partial charge on any atom is -0.384 e. The number of carbonyl (C=O) groups is 2. The first-order chi connectivity index (χ1) is 12.6. The fourth-order valence-electron chi connectivity index (χ4n) is 3.56. The first-order valence-corrected chi connectivity index (χ1v) is 9.13. The molecule has 0 unspecified atom stereocenters. The van der Waals surface area contributed by atoms with Crippen molar-refractivity contribution in [1.29, 1.82) is 0 Å². The molecule has 2 aliphatic heterocycles. The minimum absolute atomic E-state index is 0. The minimum atomic E-state index is -0.524. The van der Waals surface area contributed by atoms with Crippen LogP contribution in [0, 0.1) is 5.41 Å². The summed E-state index contributed by atoms with van der Waals surface area (Å²) in [6.45, 7) is 4.32. The first kappa shape index (κ1) is 21.6. The van der Waals surface area contributed by atoms with Crippen molar-refractivity contribution < 1.29 is 19.1 Å². The zero-order valence-electron chi connectivity index (χ0n) is 15.7. The lowest BCUT2D eigenvalue weighted by Gasteiger charge is -2.35. The van der Waals surface area contributed by atoms with E-state index >= 15 is 0 Å². The number of benzene rings is 1. The smallest absolute Gasteiger partial charge is 0.254 e. The molecule has 2 fully saturated rings. The Morgan fingerprint density at radius 2 is 1.96 bits per heavy atom. The molecule has 2 saturated heterocycles. The molecule has 27 heavy (non-hydrogen) atoms. The van der Waals surface area contributed by atoms with Crippen LogP contribution in [0.1, 0.15) is 23.2 Å². The Kier molecular flexibility index (Phi) is 8.04. The second-order valence-electron chi connectivity index (χ2n) is 6.90. The monoisotopic (exact) mass is 397 g/mol. The van der Waals surface area contributed by atoms with Gasteiger partial charge in [-0.05, 0) is 44.1 Å². The highest BCUT2D eigenvalue weighted by Crippen LogP contribution is 2.31. The van der Waals surface area contributed by atoms with Crippen LogP contribution in [-0.4, -0.2) is 69.8 Å². The summed E-state index contributed by atoms with van der Waals surface area (Å²) in [6, 6.07) is 7.14. The molecule has 2 heterocycles. The van der Waals surface area contributed by atoms with Crippen molar-refractivity contribution in [2.45, 2.75) is 12.8 Å². The van der Waals surface area contributed by atoms with E-state index < -0.39 is 5.41 Å². The highest BCUT2D eigenvalue weighted by atomic mass is 35.5. The highest BCUT2D eigenvalue weighted by Gasteiger charge is 2.39. The summed E-state index contributed by atoms with van der Waals surface area (Å²) in [5.74, 6) is -0.0744. The normalized spacial score (nSPS) is 19.1. The molecular formula is C19H28ClN3O4. The number of ether oxygens (including phenoxy) is 2. The molecule has 0 aromatic heterocycles. The zero-order valence-corrected chi connectivity index (χ0v) is 16.5. The van der Waals surface area contributed by atoms with Crippen LogP contribution < -0.4 is 10.6 Å². The molecule has 0 radical (unpaired) electrons. The van der Waals surface area contributed by atoms with Crippen LogP contribution in [-0.2, 0) is 14.3 Å². The van der Waals surface area contributed by atoms with E-state index in [4.69, 9.17) is 9.47 Å². The van der Waals surface area contributed by atoms with Gasteiger partial charge in [-0.1, -0.05) is 6.07 Å². The predicted molar refractivity (Wildman–Crippen MR) is 105 cm³/mol. The average Bonchev–Trinajstić information content (AvgIpc) is 2.69. The molecule has 8 heteroatoms. The summed E-state index contributed by atoms with van der Waals surface area (Å²) >= 11 is 0. The molecule has 150 valence electrons. The number of anilines is 1. The SMILES string of the molecule is COCC1(C(=O)Nc2cccc(C(=O)N3CCOCC3)c2)CCNCC1.Cl. The Bertz CT molecular complexity index is 638. The lowest BCUT2D eigenvalue weighted by atomic mass is 9.78. The largest absolute Gasteiger partial charge is 0.384 e. The molecule has 2 amide bonds. The lowest BCUT2D eigenvalue weighted by Crippen LogP contribution is -2.47. The zero-order chi connectivity index (χ0) is 18.4. The van der Waals surface area contributed by atoms with E-state index in [0.717, 1.165) is 25.9 Å². The number of nitrogens with one attached hydrogen (secondary N) is 2. The van der Waals surface area contributed by atoms with Gasteiger partial charge in [-0.25, -0.2) is 0 Å². The second-order valence-corrected chi connectivity index (χ2v) is 6.90. The van der Waals surface area contributed by atoms with Gasteiger partial charge in [0, 0.05) is 31.5 Å². The Balaban J connectivity index is 0.00000261. The quantitative estimate of drug-likeness (QED) is 0.787. The second kappa shape index (κ2) is 10.0. The van der Waals surface area contributed by atoms with Gasteiger partial charge in [0.05, 0.1) is 25.2 Å². The average molecular weight is 398 g/mol. The van der Waals surface area contributed by atoms with Crippen molar-refractivity contribution in [2.75, 3.05) is 58.4 Å². The van der Waals surface area contributed by atoms with Gasteiger partial charge in [0.15, 0.2) is 0 Å². The highest BCUT2D eigenvalue weighted by molar-refractivity contribution is 5.99. The maximum Gasteiger partial charge on any atom is 0.254 e. The summed E-state index contributed by atoms with van der Waals surface area (Å²) in [5, 5.41) is 6.27. The molecule has 0 atom stereocenters. The Labute approximate surface area is 166 Å². The van der Waals surface area contributed by atoms with Gasteiger partial charge in [-0.2, -0.15) is 0 Å². The third kappa shape index (κ3) is 5.19. The molecule has 0 aliphatic carbocycles. The number of hydrogen-bond donors (Lipinski definition) is 2. The Hall–Kier alpha value is -1.67. The van der Waals surface area contributed by atoms with Crippen LogP contribution in [0.5, 0.6) is 0 Å². The lowest BCUT2D eigenvalue weighted by molar-refractivity contribution is -0.130. The van der Waals surface area contributed by atoms with Crippen molar-refractivity contribution in [2.24, 2.45) is 5.41 Å². The number of carbonyl (C=O) groups excluding carboxylic acids is 2. The predicted octanol–water partition coefficient (Wildman–Crippen LogP) is 1.54. The van der Waals surface area contributed by atoms with Gasteiger partial charge in [0.2, 0.25) is 5.91 Å². The molecule has 0 saturated carbocycles. The van der Waals surface area contributed by atoms with E-state index in [1.807, 2.05) is 6.07 Å². The van der Waals surface area contributed by atoms with Gasteiger partial charge in [-0.15, -0.1) is 12.4 Å². The maximum atomic E-state index is 12.9. The molecule has 2 N–H and O–H groups in total. The van der Waals surface area contributed by atoms with Gasteiger partial charge >= 0.3 is 0 Å². The van der Waals surface area contributed by atoms with Crippen LogP contribution in [0.2, 0.25) is 0 Å². The number of hydrogen-bond acceptors (Lipinski definition) is 5. The summed E-state index contributed by atoms with van der Waals surface area (Å²) < 4.78 is 10.6. The van der Waals surface area contributed by atoms with E-state index in [2.05, 4.69) is 10.6 Å². The third-order valence-electron chi connectivity index (χ3n) is 5.13. The third-order valence-corrected chi connectivity index (χ3v) is 5.13. The summed E-state index contributed by atoms with van der Waals surface area (Å²) in [6.07, 6.45) is 1.47. The molecule has 2 aliphatic rings. The van der Waals surface area contributed by atoms with Gasteiger partial charge in [-0.3, -0.25) is 9.59 Å². The van der Waals surface area contributed by atoms with Crippen molar-refractivity contribution in [3.05, 3.63) is 29.8 Å². The molecular weight excluding hydrogens is 370 g/mol. The number of rotatable bonds is 5. The Morgan fingerprint density at radius 3 is 2.63 bits per heavy atom. The Morgan fingerprint density at radius 1 is 1.26 bits per heavy atom. The first-order valence-electron chi connectivity index (χ1n) is 9.13. The molecule has 3 rings (SSSR count). The fourth-order valence-corrected chi connectivity index (χ4v) is 3.56. The standard InChI is InChI=1S/C19H27N3O4.ClH/c1-25-14-19(5-7-20-8-6-19)18(24)21-16-4-2-3-15(13-16)17(23)22-9-11-26-12-10-22;/h2-4,13,20H,5-12,14H2,1H3,(H,21,24);1H. The van der Waals surface area contributed by atoms with Crippen LogP contribution in [0.3, 0.4) is 0 Å². The van der Waals surface area contributed by atoms with Gasteiger partial charge in [0.25, 0.3) is 5.91 Å². The summed E-state index contributed by atoms with van der Waals surface area (Å²) in [5.41, 5.74) is 0.698. The number of methoxy groups -OCH3 is 1. The summed E-state index contributed by atoms with van der Waals surface area (Å²) in [7, 11) is 1.62.